The molecule has 1 aliphatic heterocycles. The molecule has 1 saturated heterocycles. The van der Waals surface area contributed by atoms with E-state index in [2.05, 4.69) is 10.3 Å². The van der Waals surface area contributed by atoms with Gasteiger partial charge in [-0.2, -0.15) is 0 Å². The maximum absolute atomic E-state index is 13.2. The number of hydrogen-bond donors (Lipinski definition) is 2. The summed E-state index contributed by atoms with van der Waals surface area (Å²) in [5, 5.41) is 10.7. The van der Waals surface area contributed by atoms with E-state index in [9.17, 15) is 13.2 Å². The highest BCUT2D eigenvalue weighted by molar-refractivity contribution is 7.89. The minimum atomic E-state index is -3.96. The van der Waals surface area contributed by atoms with Gasteiger partial charge in [0.2, 0.25) is 15.9 Å². The van der Waals surface area contributed by atoms with Crippen LogP contribution in [-0.2, 0) is 19.6 Å². The molecule has 0 bridgehead atoms. The quantitative estimate of drug-likeness (QED) is 0.694. The number of anilines is 1. The van der Waals surface area contributed by atoms with E-state index < -0.39 is 15.9 Å². The molecule has 1 aromatic carbocycles. The van der Waals surface area contributed by atoms with Gasteiger partial charge >= 0.3 is 0 Å². The summed E-state index contributed by atoms with van der Waals surface area (Å²) >= 11 is 1.33. The zero-order valence-corrected chi connectivity index (χ0v) is 17.7. The molecule has 2 aromatic rings. The molecule has 2 heterocycles. The van der Waals surface area contributed by atoms with Gasteiger partial charge in [-0.25, -0.2) is 18.5 Å². The SMILES string of the molecule is NS(=O)(=O)c1cc(C2CC2)ccc1C(CC1CCOCC1)C(=O)Nc1nccs1. The maximum Gasteiger partial charge on any atom is 0.238 e. The van der Waals surface area contributed by atoms with Crippen LogP contribution in [0.3, 0.4) is 0 Å². The second-order valence-corrected chi connectivity index (χ2v) is 10.2. The molecule has 1 amide bonds. The third kappa shape index (κ3) is 5.03. The van der Waals surface area contributed by atoms with Gasteiger partial charge in [0.15, 0.2) is 5.13 Å². The van der Waals surface area contributed by atoms with E-state index in [4.69, 9.17) is 9.88 Å². The Labute approximate surface area is 174 Å². The Morgan fingerprint density at radius 3 is 2.66 bits per heavy atom. The molecule has 3 N–H and O–H groups in total. The average molecular weight is 436 g/mol. The first-order valence-corrected chi connectivity index (χ1v) is 12.3. The van der Waals surface area contributed by atoms with Gasteiger partial charge in [-0.05, 0) is 61.1 Å². The van der Waals surface area contributed by atoms with Crippen LogP contribution in [0.5, 0.6) is 0 Å². The number of nitrogens with zero attached hydrogens (tertiary/aromatic N) is 1. The number of thiazole rings is 1. The van der Waals surface area contributed by atoms with Crippen LogP contribution in [0.4, 0.5) is 5.13 Å². The number of carbonyl (C=O) groups excluding carboxylic acids is 1. The maximum atomic E-state index is 13.2. The van der Waals surface area contributed by atoms with Gasteiger partial charge in [0.05, 0.1) is 10.8 Å². The second kappa shape index (κ2) is 8.51. The van der Waals surface area contributed by atoms with Crippen LogP contribution in [0, 0.1) is 5.92 Å². The lowest BCUT2D eigenvalue weighted by Crippen LogP contribution is -2.28. The predicted molar refractivity (Wildman–Crippen MR) is 111 cm³/mol. The van der Waals surface area contributed by atoms with Crippen molar-refractivity contribution in [1.29, 1.82) is 0 Å². The van der Waals surface area contributed by atoms with Crippen LogP contribution < -0.4 is 10.5 Å². The Morgan fingerprint density at radius 2 is 2.03 bits per heavy atom. The first kappa shape index (κ1) is 20.5. The molecule has 1 saturated carbocycles. The highest BCUT2D eigenvalue weighted by Crippen LogP contribution is 2.42. The summed E-state index contributed by atoms with van der Waals surface area (Å²) in [6.45, 7) is 1.32. The predicted octanol–water partition coefficient (Wildman–Crippen LogP) is 3.21. The number of aromatic nitrogens is 1. The van der Waals surface area contributed by atoms with E-state index in [1.807, 2.05) is 6.07 Å². The van der Waals surface area contributed by atoms with Crippen molar-refractivity contribution >= 4 is 32.4 Å². The van der Waals surface area contributed by atoms with Gasteiger partial charge < -0.3 is 10.1 Å². The van der Waals surface area contributed by atoms with Gasteiger partial charge in [-0.3, -0.25) is 4.79 Å². The van der Waals surface area contributed by atoms with Crippen LogP contribution in [-0.4, -0.2) is 32.5 Å². The molecule has 0 radical (unpaired) electrons. The molecule has 29 heavy (non-hydrogen) atoms. The summed E-state index contributed by atoms with van der Waals surface area (Å²) in [7, 11) is -3.96. The monoisotopic (exact) mass is 435 g/mol. The Morgan fingerprint density at radius 1 is 1.28 bits per heavy atom. The number of primary sulfonamides is 1. The van der Waals surface area contributed by atoms with Crippen molar-refractivity contribution in [2.24, 2.45) is 11.1 Å². The van der Waals surface area contributed by atoms with Crippen molar-refractivity contribution in [1.82, 2.24) is 4.98 Å². The molecule has 1 unspecified atom stereocenters. The second-order valence-electron chi connectivity index (χ2n) is 7.79. The summed E-state index contributed by atoms with van der Waals surface area (Å²) in [6, 6.07) is 5.38. The van der Waals surface area contributed by atoms with E-state index in [0.717, 1.165) is 31.2 Å². The minimum absolute atomic E-state index is 0.0632. The number of carbonyl (C=O) groups is 1. The number of benzene rings is 1. The van der Waals surface area contributed by atoms with Gasteiger partial charge in [-0.15, -0.1) is 11.3 Å². The Bertz CT molecular complexity index is 966. The third-order valence-electron chi connectivity index (χ3n) is 5.66. The molecule has 2 aliphatic rings. The van der Waals surface area contributed by atoms with Crippen molar-refractivity contribution in [2.45, 2.75) is 48.8 Å². The number of nitrogens with one attached hydrogen (secondary N) is 1. The number of hydrogen-bond acceptors (Lipinski definition) is 6. The van der Waals surface area contributed by atoms with E-state index in [1.54, 1.807) is 23.7 Å². The molecule has 0 spiro atoms. The van der Waals surface area contributed by atoms with E-state index in [0.29, 0.717) is 36.2 Å². The number of nitrogens with two attached hydrogens (primary N) is 1. The fourth-order valence-corrected chi connectivity index (χ4v) is 5.30. The van der Waals surface area contributed by atoms with Crippen LogP contribution in [0.2, 0.25) is 0 Å². The molecule has 2 fully saturated rings. The first-order valence-electron chi connectivity index (χ1n) is 9.86. The minimum Gasteiger partial charge on any atom is -0.381 e. The Kier molecular flexibility index (Phi) is 6.00. The lowest BCUT2D eigenvalue weighted by Gasteiger charge is -2.27. The summed E-state index contributed by atoms with van der Waals surface area (Å²) in [6.07, 6.45) is 5.98. The number of amides is 1. The van der Waals surface area contributed by atoms with E-state index in [-0.39, 0.29) is 16.7 Å². The van der Waals surface area contributed by atoms with E-state index >= 15 is 0 Å². The van der Waals surface area contributed by atoms with Crippen LogP contribution >= 0.6 is 11.3 Å². The van der Waals surface area contributed by atoms with E-state index in [1.165, 1.54) is 11.3 Å². The Balaban J connectivity index is 1.69. The van der Waals surface area contributed by atoms with Crippen LogP contribution in [0.15, 0.2) is 34.7 Å². The molecule has 1 aromatic heterocycles. The third-order valence-corrected chi connectivity index (χ3v) is 7.31. The largest absolute Gasteiger partial charge is 0.381 e. The summed E-state index contributed by atoms with van der Waals surface area (Å²) in [5.74, 6) is -0.200. The number of rotatable bonds is 7. The zero-order valence-electron chi connectivity index (χ0n) is 16.0. The molecular weight excluding hydrogens is 410 g/mol. The average Bonchev–Trinajstić information content (AvgIpc) is 3.43. The summed E-state index contributed by atoms with van der Waals surface area (Å²) < 4.78 is 30.2. The number of ether oxygens (including phenoxy) is 1. The van der Waals surface area contributed by atoms with Crippen LogP contribution in [0.1, 0.15) is 55.1 Å². The lowest BCUT2D eigenvalue weighted by atomic mass is 9.84. The summed E-state index contributed by atoms with van der Waals surface area (Å²) in [5.41, 5.74) is 1.44. The van der Waals surface area contributed by atoms with Gasteiger partial charge in [-0.1, -0.05) is 12.1 Å². The highest BCUT2D eigenvalue weighted by atomic mass is 32.2. The molecule has 7 nitrogen and oxygen atoms in total. The van der Waals surface area contributed by atoms with Crippen LogP contribution in [0.25, 0.3) is 0 Å². The smallest absolute Gasteiger partial charge is 0.238 e. The standard InChI is InChI=1S/C20H25N3O4S2/c21-29(25,26)18-12-15(14-1-2-14)3-4-16(18)17(11-13-5-8-27-9-6-13)19(24)23-20-22-7-10-28-20/h3-4,7,10,12-14,17H,1-2,5-6,8-9,11H2,(H2,21,25,26)(H,22,23,24). The molecule has 9 heteroatoms. The molecule has 1 atom stereocenters. The normalized spacial score (nSPS) is 19.1. The molecule has 4 rings (SSSR count). The molecule has 1 aliphatic carbocycles. The van der Waals surface area contributed by atoms with Gasteiger partial charge in [0, 0.05) is 24.8 Å². The lowest BCUT2D eigenvalue weighted by molar-refractivity contribution is -0.118. The zero-order chi connectivity index (χ0) is 20.4. The van der Waals surface area contributed by atoms with Crippen molar-refractivity contribution < 1.29 is 17.9 Å². The van der Waals surface area contributed by atoms with Crippen molar-refractivity contribution in [3.8, 4) is 0 Å². The van der Waals surface area contributed by atoms with Crippen molar-refractivity contribution in [3.05, 3.63) is 40.9 Å². The number of sulfonamides is 1. The van der Waals surface area contributed by atoms with Gasteiger partial charge in [0.25, 0.3) is 0 Å². The Hall–Kier alpha value is -1.81. The first-order chi connectivity index (χ1) is 13.9. The molecule has 156 valence electrons. The highest BCUT2D eigenvalue weighted by Gasteiger charge is 2.32. The molecular formula is C20H25N3O4S2. The summed E-state index contributed by atoms with van der Waals surface area (Å²) in [4.78, 5) is 17.4. The fourth-order valence-electron chi connectivity index (χ4n) is 3.92. The van der Waals surface area contributed by atoms with Crippen molar-refractivity contribution in [2.75, 3.05) is 18.5 Å². The van der Waals surface area contributed by atoms with Gasteiger partial charge in [0.1, 0.15) is 0 Å². The topological polar surface area (TPSA) is 111 Å². The van der Waals surface area contributed by atoms with Crippen molar-refractivity contribution in [3.63, 3.8) is 0 Å². The fraction of sp³-hybridized carbons (Fsp3) is 0.500.